The van der Waals surface area contributed by atoms with Gasteiger partial charge in [-0.15, -0.1) is 10.2 Å². The van der Waals surface area contributed by atoms with E-state index < -0.39 is 0 Å². The summed E-state index contributed by atoms with van der Waals surface area (Å²) in [4.78, 5) is 12.1. The van der Waals surface area contributed by atoms with Crippen LogP contribution in [-0.2, 0) is 4.79 Å². The number of anilines is 1. The van der Waals surface area contributed by atoms with Crippen LogP contribution in [-0.4, -0.2) is 27.6 Å². The lowest BCUT2D eigenvalue weighted by atomic mass is 10.2. The van der Waals surface area contributed by atoms with Crippen LogP contribution in [0.2, 0.25) is 0 Å². The first-order valence-corrected chi connectivity index (χ1v) is 8.89. The minimum Gasteiger partial charge on any atom is -0.325 e. The predicted molar refractivity (Wildman–Crippen MR) is 86.8 cm³/mol. The number of amides is 1. The average molecular weight is 336 g/mol. The molecule has 1 aromatic carbocycles. The Morgan fingerprint density at radius 2 is 2.00 bits per heavy atom. The van der Waals surface area contributed by atoms with E-state index in [4.69, 9.17) is 5.26 Å². The molecule has 1 amide bonds. The number of nitrogens with one attached hydrogen (secondary N) is 1. The van der Waals surface area contributed by atoms with Crippen molar-refractivity contribution in [2.24, 2.45) is 0 Å². The third kappa shape index (κ3) is 4.46. The van der Waals surface area contributed by atoms with Crippen molar-refractivity contribution < 1.29 is 4.79 Å². The van der Waals surface area contributed by atoms with Gasteiger partial charge in [-0.05, 0) is 37.4 Å². The number of benzene rings is 1. The number of carbonyl (C=O) groups excluding carboxylic acids is 1. The summed E-state index contributed by atoms with van der Waals surface area (Å²) in [6.07, 6.45) is 1.94. The topological polar surface area (TPSA) is 78.7 Å². The molecule has 1 N–H and O–H groups in total. The van der Waals surface area contributed by atoms with Crippen molar-refractivity contribution in [3.63, 3.8) is 0 Å². The molecule has 2 rings (SSSR count). The Balaban J connectivity index is 1.94. The van der Waals surface area contributed by atoms with Gasteiger partial charge in [0.1, 0.15) is 0 Å². The fourth-order valence-electron chi connectivity index (χ4n) is 1.40. The van der Waals surface area contributed by atoms with Crippen LogP contribution in [0.1, 0.15) is 12.5 Å². The lowest BCUT2D eigenvalue weighted by Crippen LogP contribution is -2.22. The first-order valence-electron chi connectivity index (χ1n) is 5.97. The predicted octanol–water partition coefficient (Wildman–Crippen LogP) is 3.25. The van der Waals surface area contributed by atoms with Crippen LogP contribution >= 0.6 is 34.9 Å². The smallest absolute Gasteiger partial charge is 0.237 e. The van der Waals surface area contributed by atoms with Crippen molar-refractivity contribution in [2.75, 3.05) is 11.6 Å². The molecule has 1 atom stereocenters. The third-order valence-electron chi connectivity index (χ3n) is 2.49. The maximum Gasteiger partial charge on any atom is 0.237 e. The van der Waals surface area contributed by atoms with E-state index in [0.29, 0.717) is 11.3 Å². The lowest BCUT2D eigenvalue weighted by molar-refractivity contribution is -0.115. The summed E-state index contributed by atoms with van der Waals surface area (Å²) in [7, 11) is 0. The average Bonchev–Trinajstić information content (AvgIpc) is 2.95. The molecule has 0 unspecified atom stereocenters. The van der Waals surface area contributed by atoms with E-state index in [2.05, 4.69) is 15.5 Å². The molecule has 0 aliphatic carbocycles. The van der Waals surface area contributed by atoms with Crippen LogP contribution < -0.4 is 5.32 Å². The monoisotopic (exact) mass is 336 g/mol. The number of nitrogens with zero attached hydrogens (tertiary/aromatic N) is 3. The summed E-state index contributed by atoms with van der Waals surface area (Å²) in [5.74, 6) is -0.106. The van der Waals surface area contributed by atoms with Gasteiger partial charge in [0, 0.05) is 5.69 Å². The number of aromatic nitrogens is 2. The number of carbonyl (C=O) groups is 1. The van der Waals surface area contributed by atoms with E-state index in [1.165, 1.54) is 34.9 Å². The molecule has 0 fully saturated rings. The molecule has 5 nitrogen and oxygen atoms in total. The number of rotatable bonds is 5. The maximum atomic E-state index is 12.1. The molecule has 0 aliphatic heterocycles. The second kappa shape index (κ2) is 7.45. The fourth-order valence-corrected chi connectivity index (χ4v) is 3.99. The first kappa shape index (κ1) is 15.8. The normalized spacial score (nSPS) is 11.7. The third-order valence-corrected chi connectivity index (χ3v) is 5.57. The van der Waals surface area contributed by atoms with Crippen LogP contribution in [0.4, 0.5) is 5.69 Å². The number of thioether (sulfide) groups is 2. The second-order valence-electron chi connectivity index (χ2n) is 3.98. The van der Waals surface area contributed by atoms with Crippen molar-refractivity contribution in [2.45, 2.75) is 20.9 Å². The Morgan fingerprint density at radius 1 is 1.33 bits per heavy atom. The maximum absolute atomic E-state index is 12.1. The van der Waals surface area contributed by atoms with Crippen LogP contribution in [0, 0.1) is 11.3 Å². The Morgan fingerprint density at radius 3 is 2.57 bits per heavy atom. The van der Waals surface area contributed by atoms with Gasteiger partial charge in [0.15, 0.2) is 8.68 Å². The molecule has 0 bridgehead atoms. The molecule has 0 aliphatic rings. The molecule has 2 aromatic rings. The Labute approximate surface area is 135 Å². The first-order chi connectivity index (χ1) is 10.1. The van der Waals surface area contributed by atoms with Crippen molar-refractivity contribution in [3.05, 3.63) is 29.8 Å². The zero-order chi connectivity index (χ0) is 15.2. The van der Waals surface area contributed by atoms with Crippen molar-refractivity contribution in [1.29, 1.82) is 5.26 Å². The minimum absolute atomic E-state index is 0.106. The van der Waals surface area contributed by atoms with Gasteiger partial charge in [0.25, 0.3) is 0 Å². The summed E-state index contributed by atoms with van der Waals surface area (Å²) in [6, 6.07) is 8.80. The van der Waals surface area contributed by atoms with Gasteiger partial charge in [-0.25, -0.2) is 0 Å². The van der Waals surface area contributed by atoms with Crippen LogP contribution in [0.5, 0.6) is 0 Å². The summed E-state index contributed by atoms with van der Waals surface area (Å²) in [5.41, 5.74) is 1.24. The summed E-state index contributed by atoms with van der Waals surface area (Å²) >= 11 is 4.40. The molecular weight excluding hydrogens is 324 g/mol. The zero-order valence-electron chi connectivity index (χ0n) is 11.4. The van der Waals surface area contributed by atoms with Gasteiger partial charge in [0.2, 0.25) is 5.91 Å². The summed E-state index contributed by atoms with van der Waals surface area (Å²) in [6.45, 7) is 1.82. The SMILES string of the molecule is CSc1nnc(S[C@H](C)C(=O)Nc2ccc(C#N)cc2)s1. The highest BCUT2D eigenvalue weighted by atomic mass is 32.2. The van der Waals surface area contributed by atoms with Gasteiger partial charge < -0.3 is 5.32 Å². The molecule has 0 saturated carbocycles. The number of hydrogen-bond donors (Lipinski definition) is 1. The van der Waals surface area contributed by atoms with E-state index >= 15 is 0 Å². The van der Waals surface area contributed by atoms with Crippen LogP contribution in [0.25, 0.3) is 0 Å². The molecule has 1 aromatic heterocycles. The van der Waals surface area contributed by atoms with E-state index in [1.807, 2.05) is 19.2 Å². The molecule has 0 spiro atoms. The second-order valence-corrected chi connectivity index (χ2v) is 7.60. The summed E-state index contributed by atoms with van der Waals surface area (Å²) in [5, 5.41) is 19.3. The fraction of sp³-hybridized carbons (Fsp3) is 0.231. The standard InChI is InChI=1S/C13H12N4OS3/c1-8(20-13-17-16-12(19-2)21-13)11(18)15-10-5-3-9(7-14)4-6-10/h3-6,8H,1-2H3,(H,15,18)/t8-/m1/s1. The molecule has 21 heavy (non-hydrogen) atoms. The van der Waals surface area contributed by atoms with Gasteiger partial charge in [-0.1, -0.05) is 34.9 Å². The van der Waals surface area contributed by atoms with Gasteiger partial charge in [0.05, 0.1) is 16.9 Å². The number of hydrogen-bond acceptors (Lipinski definition) is 7. The molecule has 0 radical (unpaired) electrons. The Kier molecular flexibility index (Phi) is 5.61. The van der Waals surface area contributed by atoms with E-state index in [9.17, 15) is 4.79 Å². The number of nitriles is 1. The molecule has 8 heteroatoms. The Hall–Kier alpha value is -1.56. The minimum atomic E-state index is -0.275. The van der Waals surface area contributed by atoms with E-state index in [1.54, 1.807) is 24.3 Å². The van der Waals surface area contributed by atoms with E-state index in [-0.39, 0.29) is 11.2 Å². The van der Waals surface area contributed by atoms with Crippen LogP contribution in [0.15, 0.2) is 32.9 Å². The quantitative estimate of drug-likeness (QED) is 0.844. The van der Waals surface area contributed by atoms with Gasteiger partial charge in [-0.3, -0.25) is 4.79 Å². The van der Waals surface area contributed by atoms with Crippen molar-refractivity contribution in [1.82, 2.24) is 10.2 Å². The zero-order valence-corrected chi connectivity index (χ0v) is 13.8. The highest BCUT2D eigenvalue weighted by Gasteiger charge is 2.17. The van der Waals surface area contributed by atoms with Gasteiger partial charge in [-0.2, -0.15) is 5.26 Å². The van der Waals surface area contributed by atoms with Gasteiger partial charge >= 0.3 is 0 Å². The van der Waals surface area contributed by atoms with Crippen molar-refractivity contribution >= 4 is 46.5 Å². The lowest BCUT2D eigenvalue weighted by Gasteiger charge is -2.10. The van der Waals surface area contributed by atoms with Crippen molar-refractivity contribution in [3.8, 4) is 6.07 Å². The summed E-state index contributed by atoms with van der Waals surface area (Å²) < 4.78 is 1.67. The van der Waals surface area contributed by atoms with E-state index in [0.717, 1.165) is 8.68 Å². The molecule has 108 valence electrons. The van der Waals surface area contributed by atoms with Crippen LogP contribution in [0.3, 0.4) is 0 Å². The highest BCUT2D eigenvalue weighted by Crippen LogP contribution is 2.30. The highest BCUT2D eigenvalue weighted by molar-refractivity contribution is 8.03. The molecule has 0 saturated heterocycles. The molecule has 1 heterocycles. The Bertz CT molecular complexity index is 663. The molecular formula is C13H12N4OS3. The largest absolute Gasteiger partial charge is 0.325 e.